The fourth-order valence-electron chi connectivity index (χ4n) is 1.41. The number of hydrogen-bond donors (Lipinski definition) is 1. The summed E-state index contributed by atoms with van der Waals surface area (Å²) in [5, 5.41) is 3.87. The molecule has 1 heterocycles. The Balaban J connectivity index is 2.42. The van der Waals surface area contributed by atoms with Gasteiger partial charge in [0.25, 0.3) is 0 Å². The zero-order valence-corrected chi connectivity index (χ0v) is 11.8. The lowest BCUT2D eigenvalue weighted by atomic mass is 10.3. The first-order chi connectivity index (χ1) is 8.77. The first kappa shape index (κ1) is 15.2. The van der Waals surface area contributed by atoms with E-state index in [2.05, 4.69) is 17.2 Å². The molecule has 5 heteroatoms. The number of rotatable bonds is 9. The molecule has 0 aromatic carbocycles. The number of aromatic nitrogens is 1. The Morgan fingerprint density at radius 2 is 2.17 bits per heavy atom. The predicted molar refractivity (Wildman–Crippen MR) is 74.2 cm³/mol. The van der Waals surface area contributed by atoms with Crippen LogP contribution in [0.5, 0.6) is 0 Å². The molecular formula is C13H21ClN2O2. The fourth-order valence-corrected chi connectivity index (χ4v) is 1.57. The highest BCUT2D eigenvalue weighted by atomic mass is 35.5. The van der Waals surface area contributed by atoms with Crippen LogP contribution in [0.15, 0.2) is 12.1 Å². The van der Waals surface area contributed by atoms with Crippen molar-refractivity contribution in [1.82, 2.24) is 4.98 Å². The average molecular weight is 273 g/mol. The molecule has 0 aliphatic heterocycles. The number of anilines is 1. The van der Waals surface area contributed by atoms with Crippen LogP contribution < -0.4 is 5.32 Å². The van der Waals surface area contributed by atoms with Crippen molar-refractivity contribution in [2.75, 3.05) is 32.2 Å². The van der Waals surface area contributed by atoms with Gasteiger partial charge >= 0.3 is 0 Å². The SMILES string of the molecule is CCCNc1ccc(Cl)c(COCCCOC)n1. The molecule has 1 aromatic rings. The summed E-state index contributed by atoms with van der Waals surface area (Å²) in [6.45, 7) is 4.81. The number of methoxy groups -OCH3 is 1. The standard InChI is InChI=1S/C13H21ClN2O2/c1-3-7-15-13-6-5-11(14)12(16-13)10-18-9-4-8-17-2/h5-6H,3-4,7-10H2,1-2H3,(H,15,16). The third-order valence-corrected chi connectivity index (χ3v) is 2.69. The van der Waals surface area contributed by atoms with E-state index in [1.54, 1.807) is 7.11 Å². The molecule has 0 bridgehead atoms. The highest BCUT2D eigenvalue weighted by Gasteiger charge is 2.04. The summed E-state index contributed by atoms with van der Waals surface area (Å²) < 4.78 is 10.5. The van der Waals surface area contributed by atoms with Gasteiger partial charge in [0.1, 0.15) is 5.82 Å². The average Bonchev–Trinajstić information content (AvgIpc) is 2.39. The van der Waals surface area contributed by atoms with Gasteiger partial charge in [-0.3, -0.25) is 0 Å². The third kappa shape index (κ3) is 5.67. The minimum absolute atomic E-state index is 0.435. The third-order valence-electron chi connectivity index (χ3n) is 2.35. The molecule has 0 atom stereocenters. The zero-order chi connectivity index (χ0) is 13.2. The molecule has 0 unspecified atom stereocenters. The first-order valence-electron chi connectivity index (χ1n) is 6.24. The molecular weight excluding hydrogens is 252 g/mol. The van der Waals surface area contributed by atoms with E-state index in [9.17, 15) is 0 Å². The van der Waals surface area contributed by atoms with Gasteiger partial charge in [0.2, 0.25) is 0 Å². The first-order valence-corrected chi connectivity index (χ1v) is 6.61. The molecule has 1 N–H and O–H groups in total. The van der Waals surface area contributed by atoms with E-state index >= 15 is 0 Å². The summed E-state index contributed by atoms with van der Waals surface area (Å²) in [6, 6.07) is 3.73. The number of nitrogens with one attached hydrogen (secondary N) is 1. The van der Waals surface area contributed by atoms with Crippen LogP contribution in [0.25, 0.3) is 0 Å². The van der Waals surface area contributed by atoms with Crippen LogP contribution in [-0.2, 0) is 16.1 Å². The van der Waals surface area contributed by atoms with Crippen molar-refractivity contribution in [2.24, 2.45) is 0 Å². The van der Waals surface area contributed by atoms with Crippen molar-refractivity contribution in [1.29, 1.82) is 0 Å². The Morgan fingerprint density at radius 1 is 1.33 bits per heavy atom. The molecule has 0 fully saturated rings. The maximum absolute atomic E-state index is 6.08. The van der Waals surface area contributed by atoms with Crippen molar-refractivity contribution in [2.45, 2.75) is 26.4 Å². The maximum Gasteiger partial charge on any atom is 0.126 e. The van der Waals surface area contributed by atoms with Gasteiger partial charge in [0.05, 0.1) is 17.3 Å². The van der Waals surface area contributed by atoms with Crippen LogP contribution in [0.4, 0.5) is 5.82 Å². The Bertz CT molecular complexity index is 348. The topological polar surface area (TPSA) is 43.4 Å². The van der Waals surface area contributed by atoms with Crippen LogP contribution in [0, 0.1) is 0 Å². The Kier molecular flexibility index (Phi) is 7.73. The molecule has 18 heavy (non-hydrogen) atoms. The largest absolute Gasteiger partial charge is 0.385 e. The maximum atomic E-state index is 6.08. The molecule has 0 saturated carbocycles. The number of halogens is 1. The van der Waals surface area contributed by atoms with Gasteiger partial charge in [0, 0.05) is 26.9 Å². The number of ether oxygens (including phenoxy) is 2. The van der Waals surface area contributed by atoms with Crippen molar-refractivity contribution in [3.8, 4) is 0 Å². The van der Waals surface area contributed by atoms with E-state index in [1.807, 2.05) is 12.1 Å². The van der Waals surface area contributed by atoms with Crippen molar-refractivity contribution in [3.63, 3.8) is 0 Å². The second-order valence-electron chi connectivity index (χ2n) is 3.95. The van der Waals surface area contributed by atoms with E-state index in [-0.39, 0.29) is 0 Å². The predicted octanol–water partition coefficient (Wildman–Crippen LogP) is 3.11. The zero-order valence-electron chi connectivity index (χ0n) is 11.0. The molecule has 102 valence electrons. The van der Waals surface area contributed by atoms with E-state index in [0.29, 0.717) is 24.8 Å². The molecule has 4 nitrogen and oxygen atoms in total. The highest BCUT2D eigenvalue weighted by Crippen LogP contribution is 2.17. The van der Waals surface area contributed by atoms with Crippen LogP contribution >= 0.6 is 11.6 Å². The smallest absolute Gasteiger partial charge is 0.126 e. The summed E-state index contributed by atoms with van der Waals surface area (Å²) in [5.74, 6) is 0.844. The summed E-state index contributed by atoms with van der Waals surface area (Å²) in [4.78, 5) is 4.43. The minimum atomic E-state index is 0.435. The second kappa shape index (κ2) is 9.14. The Hall–Kier alpha value is -0.840. The molecule has 1 aromatic heterocycles. The van der Waals surface area contributed by atoms with Gasteiger partial charge < -0.3 is 14.8 Å². The monoisotopic (exact) mass is 272 g/mol. The highest BCUT2D eigenvalue weighted by molar-refractivity contribution is 6.31. The molecule has 1 rings (SSSR count). The molecule has 0 aliphatic carbocycles. The van der Waals surface area contributed by atoms with Crippen molar-refractivity contribution in [3.05, 3.63) is 22.8 Å². The van der Waals surface area contributed by atoms with Crippen molar-refractivity contribution >= 4 is 17.4 Å². The quantitative estimate of drug-likeness (QED) is 0.702. The normalized spacial score (nSPS) is 10.6. The van der Waals surface area contributed by atoms with Gasteiger partial charge in [-0.15, -0.1) is 0 Å². The number of pyridine rings is 1. The fraction of sp³-hybridized carbons (Fsp3) is 0.615. The lowest BCUT2D eigenvalue weighted by Crippen LogP contribution is -2.05. The van der Waals surface area contributed by atoms with Gasteiger partial charge in [-0.25, -0.2) is 4.98 Å². The van der Waals surface area contributed by atoms with Gasteiger partial charge in [-0.1, -0.05) is 18.5 Å². The lowest BCUT2D eigenvalue weighted by Gasteiger charge is -2.09. The Morgan fingerprint density at radius 3 is 2.89 bits per heavy atom. The van der Waals surface area contributed by atoms with E-state index in [1.165, 1.54) is 0 Å². The van der Waals surface area contributed by atoms with Crippen LogP contribution in [-0.4, -0.2) is 31.9 Å². The summed E-state index contributed by atoms with van der Waals surface area (Å²) in [6.07, 6.45) is 1.94. The molecule has 0 aliphatic rings. The minimum Gasteiger partial charge on any atom is -0.385 e. The summed E-state index contributed by atoms with van der Waals surface area (Å²) >= 11 is 6.08. The summed E-state index contributed by atoms with van der Waals surface area (Å²) in [5.41, 5.74) is 0.773. The van der Waals surface area contributed by atoms with E-state index in [4.69, 9.17) is 21.1 Å². The number of hydrogen-bond acceptors (Lipinski definition) is 4. The van der Waals surface area contributed by atoms with Gasteiger partial charge in [-0.05, 0) is 25.0 Å². The van der Waals surface area contributed by atoms with Crippen LogP contribution in [0.2, 0.25) is 5.02 Å². The number of nitrogens with zero attached hydrogens (tertiary/aromatic N) is 1. The van der Waals surface area contributed by atoms with Crippen molar-refractivity contribution < 1.29 is 9.47 Å². The van der Waals surface area contributed by atoms with Gasteiger partial charge in [-0.2, -0.15) is 0 Å². The molecule has 0 saturated heterocycles. The molecule has 0 radical (unpaired) electrons. The molecule has 0 spiro atoms. The van der Waals surface area contributed by atoms with E-state index in [0.717, 1.165) is 30.9 Å². The van der Waals surface area contributed by atoms with E-state index < -0.39 is 0 Å². The van der Waals surface area contributed by atoms with Crippen LogP contribution in [0.3, 0.4) is 0 Å². The molecule has 0 amide bonds. The van der Waals surface area contributed by atoms with Gasteiger partial charge in [0.15, 0.2) is 0 Å². The van der Waals surface area contributed by atoms with Crippen LogP contribution in [0.1, 0.15) is 25.5 Å². The second-order valence-corrected chi connectivity index (χ2v) is 4.36. The Labute approximate surface area is 114 Å². The lowest BCUT2D eigenvalue weighted by molar-refractivity contribution is 0.0911. The summed E-state index contributed by atoms with van der Waals surface area (Å²) in [7, 11) is 1.68.